The number of aromatic nitrogens is 3. The molecule has 0 unspecified atom stereocenters. The summed E-state index contributed by atoms with van der Waals surface area (Å²) in [7, 11) is -3.77. The van der Waals surface area contributed by atoms with Crippen molar-refractivity contribution in [3.8, 4) is 11.3 Å². The summed E-state index contributed by atoms with van der Waals surface area (Å²) in [5.74, 6) is 0.0611. The molecule has 12 heteroatoms. The van der Waals surface area contributed by atoms with Gasteiger partial charge in [-0.2, -0.15) is 9.61 Å². The number of halogens is 4. The molecule has 0 aliphatic carbocycles. The normalized spacial score (nSPS) is 11.8. The van der Waals surface area contributed by atoms with E-state index in [2.05, 4.69) is 36.1 Å². The standard InChI is InChI=1S/C22H19BrCl2FN5O2S/c23-16-13-28-31-21(12-20(30-22(16)31)15-5-1-2-6-17(15)24)27-9-3-4-10-29-34(32,33)14-7-8-19(26)18(25)11-14/h1-2,5-8,11-13,27,29H,3-4,9-10H2. The van der Waals surface area contributed by atoms with Gasteiger partial charge in [0.1, 0.15) is 11.6 Å². The molecule has 2 aromatic heterocycles. The third kappa shape index (κ3) is 5.52. The molecule has 0 spiro atoms. The monoisotopic (exact) mass is 585 g/mol. The average molecular weight is 587 g/mol. The quantitative estimate of drug-likeness (QED) is 0.243. The van der Waals surface area contributed by atoms with Gasteiger partial charge in [0.15, 0.2) is 5.65 Å². The van der Waals surface area contributed by atoms with Crippen LogP contribution in [0.15, 0.2) is 64.1 Å². The SMILES string of the molecule is O=S(=O)(NCCCCNc1cc(-c2ccccc2Cl)nc2c(Br)cnn12)c1ccc(F)c(Cl)c1. The highest BCUT2D eigenvalue weighted by Gasteiger charge is 2.16. The Kier molecular flexibility index (Phi) is 7.73. The van der Waals surface area contributed by atoms with Crippen LogP contribution in [0.25, 0.3) is 16.9 Å². The number of fused-ring (bicyclic) bond motifs is 1. The third-order valence-corrected chi connectivity index (χ3v) is 7.62. The molecular weight excluding hydrogens is 568 g/mol. The average Bonchev–Trinajstić information content (AvgIpc) is 3.19. The van der Waals surface area contributed by atoms with E-state index in [1.807, 2.05) is 30.3 Å². The van der Waals surface area contributed by atoms with Crippen molar-refractivity contribution in [3.05, 3.63) is 75.1 Å². The first-order chi connectivity index (χ1) is 16.3. The van der Waals surface area contributed by atoms with Gasteiger partial charge in [-0.15, -0.1) is 0 Å². The van der Waals surface area contributed by atoms with Gasteiger partial charge in [-0.05, 0) is 53.0 Å². The van der Waals surface area contributed by atoms with Gasteiger partial charge in [0.2, 0.25) is 10.0 Å². The van der Waals surface area contributed by atoms with Crippen molar-refractivity contribution < 1.29 is 12.8 Å². The molecule has 0 amide bonds. The Morgan fingerprint density at radius 2 is 1.79 bits per heavy atom. The maximum absolute atomic E-state index is 13.3. The maximum Gasteiger partial charge on any atom is 0.240 e. The summed E-state index contributed by atoms with van der Waals surface area (Å²) in [6.07, 6.45) is 2.93. The second kappa shape index (κ2) is 10.6. The van der Waals surface area contributed by atoms with Crippen molar-refractivity contribution in [3.63, 3.8) is 0 Å². The molecule has 4 aromatic rings. The van der Waals surface area contributed by atoms with Gasteiger partial charge in [0.25, 0.3) is 0 Å². The summed E-state index contributed by atoms with van der Waals surface area (Å²) in [5.41, 5.74) is 2.15. The number of nitrogens with one attached hydrogen (secondary N) is 2. The highest BCUT2D eigenvalue weighted by molar-refractivity contribution is 9.10. The summed E-state index contributed by atoms with van der Waals surface area (Å²) in [6, 6.07) is 12.6. The molecule has 0 saturated heterocycles. The van der Waals surface area contributed by atoms with Gasteiger partial charge in [-0.1, -0.05) is 41.4 Å². The van der Waals surface area contributed by atoms with Gasteiger partial charge in [-0.3, -0.25) is 0 Å². The van der Waals surface area contributed by atoms with E-state index in [1.54, 1.807) is 10.7 Å². The van der Waals surface area contributed by atoms with Crippen molar-refractivity contribution in [2.24, 2.45) is 0 Å². The molecule has 0 fully saturated rings. The van der Waals surface area contributed by atoms with Gasteiger partial charge in [-0.25, -0.2) is 22.5 Å². The lowest BCUT2D eigenvalue weighted by molar-refractivity contribution is 0.576. The molecule has 0 bridgehead atoms. The third-order valence-electron chi connectivity index (χ3n) is 4.98. The Morgan fingerprint density at radius 3 is 2.56 bits per heavy atom. The number of anilines is 1. The van der Waals surface area contributed by atoms with Crippen molar-refractivity contribution >= 4 is 60.6 Å². The smallest absolute Gasteiger partial charge is 0.240 e. The van der Waals surface area contributed by atoms with E-state index >= 15 is 0 Å². The fraction of sp³-hybridized carbons (Fsp3) is 0.182. The number of sulfonamides is 1. The Balaban J connectivity index is 1.38. The highest BCUT2D eigenvalue weighted by Crippen LogP contribution is 2.30. The largest absolute Gasteiger partial charge is 0.370 e. The molecule has 2 heterocycles. The summed E-state index contributed by atoms with van der Waals surface area (Å²) in [4.78, 5) is 4.59. The minimum Gasteiger partial charge on any atom is -0.370 e. The van der Waals surface area contributed by atoms with Crippen LogP contribution in [0.3, 0.4) is 0 Å². The summed E-state index contributed by atoms with van der Waals surface area (Å²) in [5, 5.41) is 8.04. The van der Waals surface area contributed by atoms with Gasteiger partial charge in [0.05, 0.1) is 26.3 Å². The van der Waals surface area contributed by atoms with Gasteiger partial charge < -0.3 is 5.32 Å². The van der Waals surface area contributed by atoms with Crippen molar-refractivity contribution in [1.82, 2.24) is 19.3 Å². The summed E-state index contributed by atoms with van der Waals surface area (Å²) in [6.45, 7) is 0.797. The molecule has 0 atom stereocenters. The molecule has 2 aromatic carbocycles. The second-order valence-corrected chi connectivity index (χ2v) is 10.8. The van der Waals surface area contributed by atoms with Crippen LogP contribution >= 0.6 is 39.1 Å². The molecule has 0 radical (unpaired) electrons. The zero-order valence-corrected chi connectivity index (χ0v) is 21.5. The zero-order chi connectivity index (χ0) is 24.3. The first kappa shape index (κ1) is 24.9. The molecule has 0 aliphatic heterocycles. The first-order valence-corrected chi connectivity index (χ1v) is 13.3. The number of unbranched alkanes of at least 4 members (excludes halogenated alkanes) is 1. The van der Waals surface area contributed by atoms with Crippen LogP contribution in [0, 0.1) is 5.82 Å². The minimum atomic E-state index is -3.77. The fourth-order valence-corrected chi connectivity index (χ4v) is 5.20. The van der Waals surface area contributed by atoms with Crippen LogP contribution < -0.4 is 10.0 Å². The molecular formula is C22H19BrCl2FN5O2S. The maximum atomic E-state index is 13.3. The number of benzene rings is 2. The van der Waals surface area contributed by atoms with Crippen LogP contribution in [0.4, 0.5) is 10.2 Å². The second-order valence-electron chi connectivity index (χ2n) is 7.34. The van der Waals surface area contributed by atoms with Crippen molar-refractivity contribution in [2.45, 2.75) is 17.7 Å². The lowest BCUT2D eigenvalue weighted by Crippen LogP contribution is -2.25. The molecule has 34 heavy (non-hydrogen) atoms. The van der Waals surface area contributed by atoms with E-state index in [-0.39, 0.29) is 16.5 Å². The fourth-order valence-electron chi connectivity index (χ4n) is 3.27. The lowest BCUT2D eigenvalue weighted by Gasteiger charge is -2.12. The zero-order valence-electron chi connectivity index (χ0n) is 17.6. The molecule has 0 saturated carbocycles. The van der Waals surface area contributed by atoms with E-state index in [4.69, 9.17) is 23.2 Å². The predicted molar refractivity (Wildman–Crippen MR) is 135 cm³/mol. The van der Waals surface area contributed by atoms with E-state index in [9.17, 15) is 12.8 Å². The van der Waals surface area contributed by atoms with E-state index in [0.29, 0.717) is 35.8 Å². The van der Waals surface area contributed by atoms with E-state index in [1.165, 1.54) is 6.07 Å². The number of nitrogens with zero attached hydrogens (tertiary/aromatic N) is 3. The van der Waals surface area contributed by atoms with Crippen LogP contribution in [-0.4, -0.2) is 36.1 Å². The van der Waals surface area contributed by atoms with Crippen LogP contribution in [0.1, 0.15) is 12.8 Å². The Bertz CT molecular complexity index is 1450. The van der Waals surface area contributed by atoms with E-state index in [0.717, 1.165) is 28.0 Å². The van der Waals surface area contributed by atoms with E-state index < -0.39 is 15.8 Å². The molecule has 7 nitrogen and oxygen atoms in total. The van der Waals surface area contributed by atoms with Crippen molar-refractivity contribution in [1.29, 1.82) is 0 Å². The van der Waals surface area contributed by atoms with Crippen LogP contribution in [0.5, 0.6) is 0 Å². The molecule has 0 aliphatic rings. The Morgan fingerprint density at radius 1 is 1.03 bits per heavy atom. The number of hydrogen-bond acceptors (Lipinski definition) is 5. The van der Waals surface area contributed by atoms with Crippen LogP contribution in [-0.2, 0) is 10.0 Å². The molecule has 2 N–H and O–H groups in total. The van der Waals surface area contributed by atoms with Crippen LogP contribution in [0.2, 0.25) is 10.0 Å². The molecule has 4 rings (SSSR count). The van der Waals surface area contributed by atoms with Gasteiger partial charge >= 0.3 is 0 Å². The first-order valence-electron chi connectivity index (χ1n) is 10.2. The van der Waals surface area contributed by atoms with Gasteiger partial charge in [0, 0.05) is 29.7 Å². The lowest BCUT2D eigenvalue weighted by atomic mass is 10.1. The summed E-state index contributed by atoms with van der Waals surface area (Å²) >= 11 is 15.5. The van der Waals surface area contributed by atoms with Crippen molar-refractivity contribution in [2.75, 3.05) is 18.4 Å². The number of hydrogen-bond donors (Lipinski definition) is 2. The highest BCUT2D eigenvalue weighted by atomic mass is 79.9. The Labute approximate surface area is 214 Å². The summed E-state index contributed by atoms with van der Waals surface area (Å²) < 4.78 is 42.9. The topological polar surface area (TPSA) is 88.4 Å². The Hall–Kier alpha value is -2.24. The number of rotatable bonds is 9. The molecule has 178 valence electrons. The minimum absolute atomic E-state index is 0.0763. The predicted octanol–water partition coefficient (Wildman–Crippen LogP) is 5.78.